The monoisotopic (exact) mass is 398 g/mol. The van der Waals surface area contributed by atoms with E-state index in [4.69, 9.17) is 4.98 Å². The molecule has 0 aromatic carbocycles. The van der Waals surface area contributed by atoms with Gasteiger partial charge in [-0.1, -0.05) is 13.8 Å². The van der Waals surface area contributed by atoms with E-state index < -0.39 is 0 Å². The molecule has 1 fully saturated rings. The molecule has 4 heterocycles. The summed E-state index contributed by atoms with van der Waals surface area (Å²) in [4.78, 5) is 9.00. The Kier molecular flexibility index (Phi) is 5.68. The van der Waals surface area contributed by atoms with Gasteiger partial charge in [0.1, 0.15) is 11.6 Å². The van der Waals surface area contributed by atoms with Crippen LogP contribution in [0.5, 0.6) is 0 Å². The molecule has 3 aromatic heterocycles. The molecule has 0 spiro atoms. The lowest BCUT2D eigenvalue weighted by Crippen LogP contribution is -2.43. The number of β-amino-alcohol motifs (C(OH)–C–C–N with tert-alkyl or cyclic N) is 1. The maximum absolute atomic E-state index is 10.2. The van der Waals surface area contributed by atoms with E-state index in [-0.39, 0.29) is 12.0 Å². The molecule has 4 N–H and O–H groups in total. The van der Waals surface area contributed by atoms with Crippen molar-refractivity contribution < 1.29 is 5.11 Å². The molecule has 1 saturated heterocycles. The van der Waals surface area contributed by atoms with Crippen molar-refractivity contribution in [1.82, 2.24) is 29.5 Å². The normalized spacial score (nSPS) is 19.8. The highest BCUT2D eigenvalue weighted by Gasteiger charge is 2.23. The van der Waals surface area contributed by atoms with Gasteiger partial charge in [0.15, 0.2) is 5.65 Å². The second-order valence-electron chi connectivity index (χ2n) is 8.07. The molecule has 9 nitrogen and oxygen atoms in total. The van der Waals surface area contributed by atoms with E-state index in [2.05, 4.69) is 39.9 Å². The van der Waals surface area contributed by atoms with Crippen molar-refractivity contribution in [3.8, 4) is 0 Å². The number of aliphatic hydroxyl groups is 1. The quantitative estimate of drug-likeness (QED) is 0.479. The third kappa shape index (κ3) is 4.20. The van der Waals surface area contributed by atoms with E-state index in [9.17, 15) is 5.11 Å². The zero-order valence-electron chi connectivity index (χ0n) is 17.3. The molecule has 156 valence electrons. The van der Waals surface area contributed by atoms with Crippen LogP contribution >= 0.6 is 0 Å². The molecule has 0 aliphatic carbocycles. The molecule has 4 rings (SSSR count). The summed E-state index contributed by atoms with van der Waals surface area (Å²) in [5.74, 6) is 2.20. The first-order valence-electron chi connectivity index (χ1n) is 10.2. The topological polar surface area (TPSA) is 104 Å². The van der Waals surface area contributed by atoms with Crippen LogP contribution in [0, 0.1) is 5.92 Å². The van der Waals surface area contributed by atoms with Gasteiger partial charge in [0, 0.05) is 43.9 Å². The fourth-order valence-corrected chi connectivity index (χ4v) is 3.71. The zero-order valence-corrected chi connectivity index (χ0v) is 17.3. The SMILES string of the molecule is CC(C)c1cnn2c(NCc3cncn3C)cc(NC[C@H]3CCNC[C@@H]3O)nc12. The van der Waals surface area contributed by atoms with Crippen molar-refractivity contribution in [1.29, 1.82) is 0 Å². The van der Waals surface area contributed by atoms with Crippen LogP contribution in [0.1, 0.15) is 37.4 Å². The molecular weight excluding hydrogens is 368 g/mol. The molecule has 0 radical (unpaired) electrons. The van der Waals surface area contributed by atoms with Crippen LogP contribution in [0.4, 0.5) is 11.6 Å². The highest BCUT2D eigenvalue weighted by molar-refractivity contribution is 5.61. The van der Waals surface area contributed by atoms with Gasteiger partial charge in [-0.05, 0) is 18.9 Å². The predicted molar refractivity (Wildman–Crippen MR) is 113 cm³/mol. The number of hydrogen-bond donors (Lipinski definition) is 4. The van der Waals surface area contributed by atoms with E-state index in [0.717, 1.165) is 41.5 Å². The first kappa shape index (κ1) is 19.7. The molecule has 3 aromatic rings. The van der Waals surface area contributed by atoms with Gasteiger partial charge in [-0.15, -0.1) is 0 Å². The highest BCUT2D eigenvalue weighted by Crippen LogP contribution is 2.25. The van der Waals surface area contributed by atoms with Crippen molar-refractivity contribution in [3.63, 3.8) is 0 Å². The fourth-order valence-electron chi connectivity index (χ4n) is 3.71. The van der Waals surface area contributed by atoms with Gasteiger partial charge >= 0.3 is 0 Å². The van der Waals surface area contributed by atoms with Crippen molar-refractivity contribution in [2.45, 2.75) is 38.8 Å². The Bertz CT molecular complexity index is 963. The summed E-state index contributed by atoms with van der Waals surface area (Å²) in [5, 5.41) is 24.9. The van der Waals surface area contributed by atoms with Crippen molar-refractivity contribution in [3.05, 3.63) is 36.0 Å². The van der Waals surface area contributed by atoms with Gasteiger partial charge in [-0.2, -0.15) is 9.61 Å². The minimum Gasteiger partial charge on any atom is -0.391 e. The van der Waals surface area contributed by atoms with E-state index in [1.165, 1.54) is 0 Å². The average Bonchev–Trinajstić information content (AvgIpc) is 3.31. The van der Waals surface area contributed by atoms with E-state index in [0.29, 0.717) is 25.6 Å². The van der Waals surface area contributed by atoms with Crippen molar-refractivity contribution in [2.75, 3.05) is 30.3 Å². The molecule has 9 heteroatoms. The number of rotatable bonds is 7. The maximum atomic E-state index is 10.2. The van der Waals surface area contributed by atoms with Crippen LogP contribution in [0.15, 0.2) is 24.8 Å². The molecule has 1 aliphatic heterocycles. The smallest absolute Gasteiger partial charge is 0.163 e. The summed E-state index contributed by atoms with van der Waals surface area (Å²) in [7, 11) is 1.98. The number of aromatic nitrogens is 5. The number of imidazole rings is 1. The standard InChI is InChI=1S/C20H30N8O/c1-13(2)16-10-25-28-19(24-9-15-8-22-12-27(15)3)6-18(26-20(16)28)23-7-14-4-5-21-11-17(14)29/h6,8,10,12-14,17,21,24,29H,4-5,7,9,11H2,1-3H3,(H,23,26)/t14-,17+/m1/s1. The molecule has 29 heavy (non-hydrogen) atoms. The molecule has 0 saturated carbocycles. The molecule has 1 aliphatic rings. The number of nitrogens with one attached hydrogen (secondary N) is 3. The van der Waals surface area contributed by atoms with Gasteiger partial charge in [-0.3, -0.25) is 0 Å². The number of nitrogens with zero attached hydrogens (tertiary/aromatic N) is 5. The van der Waals surface area contributed by atoms with Gasteiger partial charge in [0.25, 0.3) is 0 Å². The first-order chi connectivity index (χ1) is 14.0. The van der Waals surface area contributed by atoms with Crippen molar-refractivity contribution in [2.24, 2.45) is 13.0 Å². The Morgan fingerprint density at radius 3 is 2.90 bits per heavy atom. The van der Waals surface area contributed by atoms with Gasteiger partial charge in [0.2, 0.25) is 0 Å². The Morgan fingerprint density at radius 2 is 2.17 bits per heavy atom. The Labute approximate surface area is 170 Å². The molecule has 2 atom stereocenters. The van der Waals surface area contributed by atoms with Gasteiger partial charge in [-0.25, -0.2) is 9.97 Å². The lowest BCUT2D eigenvalue weighted by atomic mass is 9.95. The second kappa shape index (κ2) is 8.38. The van der Waals surface area contributed by atoms with Crippen LogP contribution in [0.25, 0.3) is 5.65 Å². The Morgan fingerprint density at radius 1 is 1.31 bits per heavy atom. The van der Waals surface area contributed by atoms with Crippen molar-refractivity contribution >= 4 is 17.3 Å². The van der Waals surface area contributed by atoms with Crippen LogP contribution in [-0.4, -0.2) is 55.0 Å². The maximum Gasteiger partial charge on any atom is 0.163 e. The largest absolute Gasteiger partial charge is 0.391 e. The van der Waals surface area contributed by atoms with E-state index >= 15 is 0 Å². The minimum atomic E-state index is -0.330. The third-order valence-electron chi connectivity index (χ3n) is 5.62. The average molecular weight is 399 g/mol. The number of hydrogen-bond acceptors (Lipinski definition) is 7. The summed E-state index contributed by atoms with van der Waals surface area (Å²) in [5.41, 5.74) is 3.04. The molecule has 0 amide bonds. The summed E-state index contributed by atoms with van der Waals surface area (Å²) in [6.07, 6.45) is 6.16. The molecule has 0 bridgehead atoms. The lowest BCUT2D eigenvalue weighted by Gasteiger charge is -2.28. The number of fused-ring (bicyclic) bond motifs is 1. The summed E-state index contributed by atoms with van der Waals surface area (Å²) >= 11 is 0. The number of aliphatic hydroxyl groups excluding tert-OH is 1. The Balaban J connectivity index is 1.59. The number of piperidine rings is 1. The second-order valence-corrected chi connectivity index (χ2v) is 8.07. The number of anilines is 2. The molecule has 0 unspecified atom stereocenters. The highest BCUT2D eigenvalue weighted by atomic mass is 16.3. The van der Waals surface area contributed by atoms with Gasteiger partial charge in [0.05, 0.1) is 30.9 Å². The lowest BCUT2D eigenvalue weighted by molar-refractivity contribution is 0.0883. The van der Waals surface area contributed by atoms with Crippen LogP contribution in [-0.2, 0) is 13.6 Å². The molecular formula is C20H30N8O. The third-order valence-corrected chi connectivity index (χ3v) is 5.62. The Hall–Kier alpha value is -2.65. The van der Waals surface area contributed by atoms with Gasteiger partial charge < -0.3 is 25.6 Å². The predicted octanol–water partition coefficient (Wildman–Crippen LogP) is 1.58. The van der Waals surface area contributed by atoms with Crippen LogP contribution in [0.3, 0.4) is 0 Å². The minimum absolute atomic E-state index is 0.217. The first-order valence-corrected chi connectivity index (χ1v) is 10.2. The zero-order chi connectivity index (χ0) is 20.4. The summed E-state index contributed by atoms with van der Waals surface area (Å²) in [6, 6.07) is 1.98. The van der Waals surface area contributed by atoms with Crippen LogP contribution in [0.2, 0.25) is 0 Å². The summed E-state index contributed by atoms with van der Waals surface area (Å²) < 4.78 is 3.85. The number of aryl methyl sites for hydroxylation is 1. The van der Waals surface area contributed by atoms with E-state index in [1.54, 1.807) is 6.33 Å². The fraction of sp³-hybridized carbons (Fsp3) is 0.550. The van der Waals surface area contributed by atoms with E-state index in [1.807, 2.05) is 34.6 Å². The van der Waals surface area contributed by atoms with Crippen LogP contribution < -0.4 is 16.0 Å². The summed E-state index contributed by atoms with van der Waals surface area (Å²) in [6.45, 7) is 7.21.